The first kappa shape index (κ1) is 12.7. The van der Waals surface area contributed by atoms with Gasteiger partial charge in [0.25, 0.3) is 0 Å². The molecule has 0 atom stereocenters. The highest BCUT2D eigenvalue weighted by atomic mass is 15.1. The van der Waals surface area contributed by atoms with E-state index in [2.05, 4.69) is 27.5 Å². The van der Waals surface area contributed by atoms with Gasteiger partial charge in [-0.15, -0.1) is 0 Å². The molecule has 20 heavy (non-hydrogen) atoms. The van der Waals surface area contributed by atoms with Gasteiger partial charge >= 0.3 is 0 Å². The Hall–Kier alpha value is -2.36. The summed E-state index contributed by atoms with van der Waals surface area (Å²) in [6.07, 6.45) is 7.78. The molecule has 0 fully saturated rings. The predicted molar refractivity (Wildman–Crippen MR) is 81.5 cm³/mol. The third-order valence-electron chi connectivity index (χ3n) is 3.50. The van der Waals surface area contributed by atoms with Gasteiger partial charge in [-0.2, -0.15) is 0 Å². The zero-order valence-electron chi connectivity index (χ0n) is 11.6. The summed E-state index contributed by atoms with van der Waals surface area (Å²) < 4.78 is 2.18. The van der Waals surface area contributed by atoms with Crippen LogP contribution < -0.4 is 5.73 Å². The van der Waals surface area contributed by atoms with Crippen LogP contribution in [0.3, 0.4) is 0 Å². The zero-order chi connectivity index (χ0) is 13.9. The number of hydrogen-bond acceptors (Lipinski definition) is 3. The summed E-state index contributed by atoms with van der Waals surface area (Å²) in [6.45, 7) is 2.95. The van der Waals surface area contributed by atoms with Gasteiger partial charge in [0.2, 0.25) is 0 Å². The number of anilines is 1. The number of aromatic nitrogens is 3. The summed E-state index contributed by atoms with van der Waals surface area (Å²) in [6, 6.07) is 7.94. The third-order valence-corrected chi connectivity index (χ3v) is 3.50. The number of aryl methyl sites for hydroxylation is 1. The minimum Gasteiger partial charge on any atom is -0.398 e. The Labute approximate surface area is 118 Å². The maximum atomic E-state index is 6.02. The molecule has 2 aromatic heterocycles. The minimum atomic E-state index is 0.774. The highest BCUT2D eigenvalue weighted by Gasteiger charge is 2.08. The minimum absolute atomic E-state index is 0.774. The van der Waals surface area contributed by atoms with E-state index in [1.54, 1.807) is 0 Å². The van der Waals surface area contributed by atoms with Crippen molar-refractivity contribution in [2.45, 2.75) is 26.3 Å². The van der Waals surface area contributed by atoms with Gasteiger partial charge in [-0.05, 0) is 30.2 Å². The number of rotatable bonds is 4. The molecule has 102 valence electrons. The second-order valence-corrected chi connectivity index (χ2v) is 4.93. The maximum Gasteiger partial charge on any atom is 0.108 e. The molecule has 0 amide bonds. The van der Waals surface area contributed by atoms with E-state index in [0.717, 1.165) is 41.8 Å². The van der Waals surface area contributed by atoms with Gasteiger partial charge in [-0.3, -0.25) is 4.98 Å². The smallest absolute Gasteiger partial charge is 0.108 e. The number of nitrogens with two attached hydrogens (primary N) is 1. The zero-order valence-corrected chi connectivity index (χ0v) is 11.6. The molecule has 0 aliphatic heterocycles. The van der Waals surface area contributed by atoms with Gasteiger partial charge in [-0.1, -0.05) is 13.0 Å². The molecule has 4 nitrogen and oxygen atoms in total. The Bertz CT molecular complexity index is 730. The summed E-state index contributed by atoms with van der Waals surface area (Å²) in [7, 11) is 0. The number of fused-ring (bicyclic) bond motifs is 1. The van der Waals surface area contributed by atoms with Crippen LogP contribution in [0.1, 0.15) is 24.7 Å². The molecule has 3 rings (SSSR count). The van der Waals surface area contributed by atoms with Crippen molar-refractivity contribution in [1.82, 2.24) is 14.5 Å². The van der Waals surface area contributed by atoms with E-state index < -0.39 is 0 Å². The predicted octanol–water partition coefficient (Wildman–Crippen LogP) is 3.01. The van der Waals surface area contributed by atoms with Crippen LogP contribution in [-0.4, -0.2) is 14.5 Å². The van der Waals surface area contributed by atoms with Crippen molar-refractivity contribution in [2.24, 2.45) is 0 Å². The average Bonchev–Trinajstić information content (AvgIpc) is 2.90. The largest absolute Gasteiger partial charge is 0.398 e. The second kappa shape index (κ2) is 5.33. The van der Waals surface area contributed by atoms with Crippen LogP contribution in [-0.2, 0) is 13.0 Å². The van der Waals surface area contributed by atoms with E-state index in [1.807, 2.05) is 36.8 Å². The fourth-order valence-corrected chi connectivity index (χ4v) is 2.50. The Morgan fingerprint density at radius 2 is 2.05 bits per heavy atom. The molecule has 4 heteroatoms. The number of nitrogen functional groups attached to an aromatic ring is 1. The van der Waals surface area contributed by atoms with E-state index in [0.29, 0.717) is 0 Å². The second-order valence-electron chi connectivity index (χ2n) is 4.93. The molecule has 0 bridgehead atoms. The Morgan fingerprint density at radius 1 is 1.15 bits per heavy atom. The molecule has 1 aromatic carbocycles. The fourth-order valence-electron chi connectivity index (χ4n) is 2.50. The van der Waals surface area contributed by atoms with Crippen molar-refractivity contribution < 1.29 is 0 Å². The molecule has 3 aromatic rings. The van der Waals surface area contributed by atoms with Crippen LogP contribution in [0.2, 0.25) is 0 Å². The van der Waals surface area contributed by atoms with Gasteiger partial charge < -0.3 is 10.3 Å². The molecule has 0 saturated carbocycles. The molecule has 0 unspecified atom stereocenters. The molecule has 0 radical (unpaired) electrons. The molecular formula is C16H18N4. The molecule has 0 saturated heterocycles. The average molecular weight is 266 g/mol. The normalized spacial score (nSPS) is 11.1. The van der Waals surface area contributed by atoms with Gasteiger partial charge in [0, 0.05) is 36.1 Å². The maximum absolute atomic E-state index is 6.02. The topological polar surface area (TPSA) is 56.7 Å². The number of benzene rings is 1. The third kappa shape index (κ3) is 2.25. The van der Waals surface area contributed by atoms with E-state index in [1.165, 1.54) is 5.56 Å². The molecular weight excluding hydrogens is 248 g/mol. The lowest BCUT2D eigenvalue weighted by Gasteiger charge is -2.10. The van der Waals surface area contributed by atoms with Gasteiger partial charge in [0.1, 0.15) is 5.82 Å². The highest BCUT2D eigenvalue weighted by molar-refractivity contribution is 5.92. The van der Waals surface area contributed by atoms with Crippen LogP contribution in [0.15, 0.2) is 42.9 Å². The number of imidazole rings is 1. The van der Waals surface area contributed by atoms with E-state index in [9.17, 15) is 0 Å². The monoisotopic (exact) mass is 266 g/mol. The number of pyridine rings is 1. The summed E-state index contributed by atoms with van der Waals surface area (Å²) in [4.78, 5) is 8.90. The molecule has 2 heterocycles. The van der Waals surface area contributed by atoms with E-state index in [-0.39, 0.29) is 0 Å². The van der Waals surface area contributed by atoms with E-state index >= 15 is 0 Å². The first-order chi connectivity index (χ1) is 9.79. The van der Waals surface area contributed by atoms with Crippen molar-refractivity contribution in [2.75, 3.05) is 5.73 Å². The van der Waals surface area contributed by atoms with Crippen LogP contribution in [0.25, 0.3) is 10.9 Å². The van der Waals surface area contributed by atoms with Crippen molar-refractivity contribution in [3.05, 3.63) is 54.2 Å². The lowest BCUT2D eigenvalue weighted by molar-refractivity contribution is 0.707. The lowest BCUT2D eigenvalue weighted by atomic mass is 10.1. The van der Waals surface area contributed by atoms with Crippen molar-refractivity contribution in [1.29, 1.82) is 0 Å². The molecule has 0 spiro atoms. The SMILES string of the molecule is CCCc1nccn1Cc1ccc(N)c2cccnc12. The molecule has 0 aliphatic rings. The number of nitrogens with zero attached hydrogens (tertiary/aromatic N) is 3. The van der Waals surface area contributed by atoms with Gasteiger partial charge in [0.15, 0.2) is 0 Å². The van der Waals surface area contributed by atoms with Crippen molar-refractivity contribution in [3.8, 4) is 0 Å². The Kier molecular flexibility index (Phi) is 3.37. The first-order valence-corrected chi connectivity index (χ1v) is 6.91. The van der Waals surface area contributed by atoms with Crippen LogP contribution in [0.5, 0.6) is 0 Å². The van der Waals surface area contributed by atoms with Gasteiger partial charge in [0.05, 0.1) is 12.1 Å². The van der Waals surface area contributed by atoms with Gasteiger partial charge in [-0.25, -0.2) is 4.98 Å². The Morgan fingerprint density at radius 3 is 2.90 bits per heavy atom. The molecule has 2 N–H and O–H groups in total. The van der Waals surface area contributed by atoms with E-state index in [4.69, 9.17) is 5.73 Å². The van der Waals surface area contributed by atoms with Crippen molar-refractivity contribution >= 4 is 16.6 Å². The summed E-state index contributed by atoms with van der Waals surface area (Å²) >= 11 is 0. The molecule has 0 aliphatic carbocycles. The van der Waals surface area contributed by atoms with Crippen molar-refractivity contribution in [3.63, 3.8) is 0 Å². The standard InChI is InChI=1S/C16H18N4/c1-2-4-15-18-9-10-20(15)11-12-6-7-14(17)13-5-3-8-19-16(12)13/h3,5-10H,2,4,11,17H2,1H3. The number of hydrogen-bond donors (Lipinski definition) is 1. The Balaban J connectivity index is 2.03. The highest BCUT2D eigenvalue weighted by Crippen LogP contribution is 2.23. The fraction of sp³-hybridized carbons (Fsp3) is 0.250. The van der Waals surface area contributed by atoms with Crippen LogP contribution in [0, 0.1) is 0 Å². The first-order valence-electron chi connectivity index (χ1n) is 6.91. The van der Waals surface area contributed by atoms with Crippen LogP contribution >= 0.6 is 0 Å². The summed E-state index contributed by atoms with van der Waals surface area (Å²) in [5.74, 6) is 1.12. The van der Waals surface area contributed by atoms with Crippen LogP contribution in [0.4, 0.5) is 5.69 Å². The summed E-state index contributed by atoms with van der Waals surface area (Å²) in [5.41, 5.74) is 8.94. The summed E-state index contributed by atoms with van der Waals surface area (Å²) in [5, 5.41) is 1.02. The lowest BCUT2D eigenvalue weighted by Crippen LogP contribution is -2.05. The quantitative estimate of drug-likeness (QED) is 0.738.